The first-order valence-corrected chi connectivity index (χ1v) is 2.59. The van der Waals surface area contributed by atoms with Crippen LogP contribution in [0.1, 0.15) is 14.4 Å². The van der Waals surface area contributed by atoms with E-state index in [1.54, 1.807) is 7.05 Å². The minimum absolute atomic E-state index is 0. The van der Waals surface area contributed by atoms with Crippen molar-refractivity contribution in [1.29, 1.82) is 0 Å². The fraction of sp³-hybridized carbons (Fsp3) is 0.833. The molecule has 9 heavy (non-hydrogen) atoms. The molecule has 56 valence electrons. The Morgan fingerprint density at radius 1 is 1.67 bits per heavy atom. The highest BCUT2D eigenvalue weighted by molar-refractivity contribution is 5.76. The highest BCUT2D eigenvalue weighted by atomic mass is 16.5. The van der Waals surface area contributed by atoms with Gasteiger partial charge >= 0.3 is 0 Å². The Morgan fingerprint density at radius 3 is 2.56 bits per heavy atom. The van der Waals surface area contributed by atoms with Crippen LogP contribution in [0.4, 0.5) is 0 Å². The second-order valence-electron chi connectivity index (χ2n) is 1.31. The molecule has 0 heterocycles. The third-order valence-electron chi connectivity index (χ3n) is 0.716. The van der Waals surface area contributed by atoms with E-state index < -0.39 is 0 Å². The number of hydrogen-bond acceptors (Lipinski definition) is 2. The van der Waals surface area contributed by atoms with Crippen molar-refractivity contribution in [2.75, 3.05) is 20.3 Å². The van der Waals surface area contributed by atoms with Gasteiger partial charge in [0.1, 0.15) is 6.61 Å². The van der Waals surface area contributed by atoms with Crippen molar-refractivity contribution in [3.05, 3.63) is 0 Å². The number of ether oxygens (including phenoxy) is 1. The summed E-state index contributed by atoms with van der Waals surface area (Å²) in [4.78, 5) is 10.3. The van der Waals surface area contributed by atoms with E-state index >= 15 is 0 Å². The number of hydrogen-bond donors (Lipinski definition) is 1. The van der Waals surface area contributed by atoms with Crippen molar-refractivity contribution in [3.63, 3.8) is 0 Å². The number of likely N-dealkylation sites (N-methyl/N-ethyl adjacent to an activating group) is 1. The van der Waals surface area contributed by atoms with Crippen molar-refractivity contribution in [2.24, 2.45) is 0 Å². The molecule has 1 N–H and O–H groups in total. The van der Waals surface area contributed by atoms with E-state index in [4.69, 9.17) is 4.74 Å². The standard InChI is InChI=1S/C5H11NO2.CH4/c1-3-8-4-5(7)6-2;/h3-4H2,1-2H3,(H,6,7);1H4. The quantitative estimate of drug-likeness (QED) is 0.605. The molecule has 0 aliphatic rings. The first-order chi connectivity index (χ1) is 3.81. The summed E-state index contributed by atoms with van der Waals surface area (Å²) in [6.45, 7) is 2.61. The molecule has 0 unspecified atom stereocenters. The number of rotatable bonds is 3. The Bertz CT molecular complexity index is 73.5. The minimum Gasteiger partial charge on any atom is -0.372 e. The SMILES string of the molecule is C.CCOCC(=O)NC. The van der Waals surface area contributed by atoms with E-state index in [-0.39, 0.29) is 19.9 Å². The average Bonchev–Trinajstić information content (AvgIpc) is 1.83. The van der Waals surface area contributed by atoms with Crippen LogP contribution in [-0.2, 0) is 9.53 Å². The van der Waals surface area contributed by atoms with Crippen molar-refractivity contribution in [3.8, 4) is 0 Å². The summed E-state index contributed by atoms with van der Waals surface area (Å²) in [6, 6.07) is 0. The number of nitrogens with one attached hydrogen (secondary N) is 1. The molecule has 0 aromatic heterocycles. The van der Waals surface area contributed by atoms with Gasteiger partial charge in [0.25, 0.3) is 0 Å². The molecule has 0 aliphatic heterocycles. The lowest BCUT2D eigenvalue weighted by atomic mass is 10.6. The Hall–Kier alpha value is -0.570. The van der Waals surface area contributed by atoms with E-state index in [9.17, 15) is 4.79 Å². The molecule has 0 atom stereocenters. The van der Waals surface area contributed by atoms with E-state index in [1.807, 2.05) is 6.92 Å². The van der Waals surface area contributed by atoms with E-state index in [0.29, 0.717) is 6.61 Å². The van der Waals surface area contributed by atoms with Crippen LogP contribution >= 0.6 is 0 Å². The fourth-order valence-corrected chi connectivity index (χ4v) is 0.267. The van der Waals surface area contributed by atoms with Crippen molar-refractivity contribution in [1.82, 2.24) is 5.32 Å². The molecule has 0 aliphatic carbocycles. The van der Waals surface area contributed by atoms with Crippen LogP contribution < -0.4 is 5.32 Å². The molecule has 3 heteroatoms. The first kappa shape index (κ1) is 11.3. The number of carbonyl (C=O) groups excluding carboxylic acids is 1. The third-order valence-corrected chi connectivity index (χ3v) is 0.716. The molecule has 0 rings (SSSR count). The summed E-state index contributed by atoms with van der Waals surface area (Å²) in [6.07, 6.45) is 0. The fourth-order valence-electron chi connectivity index (χ4n) is 0.267. The Balaban J connectivity index is 0. The summed E-state index contributed by atoms with van der Waals surface area (Å²) in [5.74, 6) is -0.0770. The van der Waals surface area contributed by atoms with Crippen molar-refractivity contribution in [2.45, 2.75) is 14.4 Å². The lowest BCUT2D eigenvalue weighted by Crippen LogP contribution is -2.23. The van der Waals surface area contributed by atoms with Crippen LogP contribution in [0.2, 0.25) is 0 Å². The molecule has 0 fully saturated rings. The number of amides is 1. The molecule has 0 aromatic rings. The van der Waals surface area contributed by atoms with Crippen LogP contribution in [0.25, 0.3) is 0 Å². The van der Waals surface area contributed by atoms with Crippen molar-refractivity contribution < 1.29 is 9.53 Å². The van der Waals surface area contributed by atoms with Gasteiger partial charge in [0.2, 0.25) is 5.91 Å². The lowest BCUT2D eigenvalue weighted by molar-refractivity contribution is -0.125. The largest absolute Gasteiger partial charge is 0.372 e. The molecule has 3 nitrogen and oxygen atoms in total. The van der Waals surface area contributed by atoms with Gasteiger partial charge in [0, 0.05) is 13.7 Å². The van der Waals surface area contributed by atoms with Gasteiger partial charge in [-0.15, -0.1) is 0 Å². The molecule has 0 bridgehead atoms. The topological polar surface area (TPSA) is 38.3 Å². The second-order valence-corrected chi connectivity index (χ2v) is 1.31. The molecule has 0 spiro atoms. The summed E-state index contributed by atoms with van der Waals surface area (Å²) in [5.41, 5.74) is 0. The maximum atomic E-state index is 10.3. The van der Waals surface area contributed by atoms with E-state index in [0.717, 1.165) is 0 Å². The zero-order chi connectivity index (χ0) is 6.41. The minimum atomic E-state index is -0.0770. The normalized spacial score (nSPS) is 7.78. The maximum absolute atomic E-state index is 10.3. The highest BCUT2D eigenvalue weighted by Crippen LogP contribution is 1.70. The molecular weight excluding hydrogens is 118 g/mol. The van der Waals surface area contributed by atoms with Gasteiger partial charge in [-0.2, -0.15) is 0 Å². The Labute approximate surface area is 56.4 Å². The van der Waals surface area contributed by atoms with Gasteiger partial charge in [-0.3, -0.25) is 4.79 Å². The summed E-state index contributed by atoms with van der Waals surface area (Å²) < 4.78 is 4.77. The Morgan fingerprint density at radius 2 is 2.22 bits per heavy atom. The van der Waals surface area contributed by atoms with Crippen LogP contribution in [0.15, 0.2) is 0 Å². The molecule has 0 aromatic carbocycles. The van der Waals surface area contributed by atoms with Crippen LogP contribution in [-0.4, -0.2) is 26.2 Å². The average molecular weight is 133 g/mol. The molecule has 0 saturated heterocycles. The predicted molar refractivity (Wildman–Crippen MR) is 37.3 cm³/mol. The van der Waals surface area contributed by atoms with E-state index in [1.165, 1.54) is 0 Å². The lowest BCUT2D eigenvalue weighted by Gasteiger charge is -1.96. The monoisotopic (exact) mass is 133 g/mol. The summed E-state index contributed by atoms with van der Waals surface area (Å²) in [5, 5.41) is 2.44. The van der Waals surface area contributed by atoms with Gasteiger partial charge in [-0.1, -0.05) is 7.43 Å². The predicted octanol–water partition coefficient (Wildman–Crippen LogP) is 0.405. The second kappa shape index (κ2) is 7.43. The van der Waals surface area contributed by atoms with Crippen LogP contribution in [0.5, 0.6) is 0 Å². The first-order valence-electron chi connectivity index (χ1n) is 2.59. The highest BCUT2D eigenvalue weighted by Gasteiger charge is 1.92. The van der Waals surface area contributed by atoms with E-state index in [2.05, 4.69) is 5.32 Å². The zero-order valence-corrected chi connectivity index (χ0v) is 5.23. The summed E-state index contributed by atoms with van der Waals surface area (Å²) >= 11 is 0. The third kappa shape index (κ3) is 7.43. The molecule has 0 radical (unpaired) electrons. The maximum Gasteiger partial charge on any atom is 0.245 e. The molecular formula is C6H15NO2. The molecule has 0 saturated carbocycles. The molecule has 1 amide bonds. The number of carbonyl (C=O) groups is 1. The van der Waals surface area contributed by atoms with Gasteiger partial charge in [-0.25, -0.2) is 0 Å². The van der Waals surface area contributed by atoms with Gasteiger partial charge in [-0.05, 0) is 6.92 Å². The van der Waals surface area contributed by atoms with Crippen LogP contribution in [0.3, 0.4) is 0 Å². The van der Waals surface area contributed by atoms with Crippen LogP contribution in [0, 0.1) is 0 Å². The van der Waals surface area contributed by atoms with Gasteiger partial charge < -0.3 is 10.1 Å². The van der Waals surface area contributed by atoms with Crippen molar-refractivity contribution >= 4 is 5.91 Å². The smallest absolute Gasteiger partial charge is 0.245 e. The summed E-state index contributed by atoms with van der Waals surface area (Å²) in [7, 11) is 1.58. The van der Waals surface area contributed by atoms with Gasteiger partial charge in [0.05, 0.1) is 0 Å². The van der Waals surface area contributed by atoms with Gasteiger partial charge in [0.15, 0.2) is 0 Å². The zero-order valence-electron chi connectivity index (χ0n) is 5.23. The Kier molecular flexibility index (Phi) is 9.29.